The van der Waals surface area contributed by atoms with E-state index in [-0.39, 0.29) is 0 Å². The van der Waals surface area contributed by atoms with Crippen molar-refractivity contribution in [2.45, 2.75) is 76.9 Å². The highest BCUT2D eigenvalue weighted by atomic mass is 16.5. The third-order valence-corrected chi connectivity index (χ3v) is 5.71. The Hall–Kier alpha value is -0.0800. The second kappa shape index (κ2) is 5.50. The van der Waals surface area contributed by atoms with Gasteiger partial charge in [0.1, 0.15) is 0 Å². The van der Waals surface area contributed by atoms with Crippen LogP contribution in [0.15, 0.2) is 0 Å². The van der Waals surface area contributed by atoms with Crippen molar-refractivity contribution in [2.24, 2.45) is 11.3 Å². The molecule has 1 aliphatic heterocycles. The minimum absolute atomic E-state index is 0.451. The molecule has 2 aliphatic carbocycles. The summed E-state index contributed by atoms with van der Waals surface area (Å²) in [6.07, 6.45) is 13.2. The van der Waals surface area contributed by atoms with Gasteiger partial charge < -0.3 is 10.1 Å². The van der Waals surface area contributed by atoms with E-state index >= 15 is 0 Å². The molecule has 2 atom stereocenters. The lowest BCUT2D eigenvalue weighted by Crippen LogP contribution is -2.45. The first-order valence-electron chi connectivity index (χ1n) is 8.16. The largest absolute Gasteiger partial charge is 0.378 e. The van der Waals surface area contributed by atoms with Gasteiger partial charge in [-0.1, -0.05) is 25.7 Å². The number of ether oxygens (including phenoxy) is 1. The van der Waals surface area contributed by atoms with Crippen molar-refractivity contribution in [1.82, 2.24) is 5.32 Å². The summed E-state index contributed by atoms with van der Waals surface area (Å²) in [4.78, 5) is 0. The first kappa shape index (κ1) is 12.9. The highest BCUT2D eigenvalue weighted by Gasteiger charge is 2.47. The molecule has 2 saturated carbocycles. The van der Waals surface area contributed by atoms with E-state index in [1.54, 1.807) is 0 Å². The molecule has 1 saturated heterocycles. The zero-order chi connectivity index (χ0) is 12.4. The van der Waals surface area contributed by atoms with Crippen LogP contribution in [0.5, 0.6) is 0 Å². The van der Waals surface area contributed by atoms with Crippen LogP contribution in [-0.4, -0.2) is 25.3 Å². The highest BCUT2D eigenvalue weighted by Crippen LogP contribution is 2.47. The smallest absolute Gasteiger partial charge is 0.0618 e. The van der Waals surface area contributed by atoms with Crippen molar-refractivity contribution in [2.75, 3.05) is 13.2 Å². The Morgan fingerprint density at radius 1 is 1.06 bits per heavy atom. The Balaban J connectivity index is 1.69. The summed E-state index contributed by atoms with van der Waals surface area (Å²) in [5.74, 6) is 0.906. The number of hydrogen-bond donors (Lipinski definition) is 1. The van der Waals surface area contributed by atoms with Gasteiger partial charge in [-0.05, 0) is 44.9 Å². The van der Waals surface area contributed by atoms with E-state index in [1.165, 1.54) is 64.3 Å². The third kappa shape index (κ3) is 2.60. The van der Waals surface area contributed by atoms with E-state index < -0.39 is 0 Å². The molecule has 0 aromatic carbocycles. The Morgan fingerprint density at radius 3 is 2.33 bits per heavy atom. The molecule has 2 unspecified atom stereocenters. The first-order chi connectivity index (χ1) is 8.81. The van der Waals surface area contributed by atoms with Gasteiger partial charge >= 0.3 is 0 Å². The molecule has 0 bridgehead atoms. The van der Waals surface area contributed by atoms with Crippen molar-refractivity contribution in [3.05, 3.63) is 0 Å². The van der Waals surface area contributed by atoms with E-state index in [0.717, 1.165) is 18.6 Å². The maximum Gasteiger partial charge on any atom is 0.0618 e. The van der Waals surface area contributed by atoms with Crippen LogP contribution < -0.4 is 5.32 Å². The summed E-state index contributed by atoms with van der Waals surface area (Å²) in [5, 5.41) is 3.81. The van der Waals surface area contributed by atoms with Crippen LogP contribution in [0.2, 0.25) is 0 Å². The lowest BCUT2D eigenvalue weighted by Gasteiger charge is -2.40. The van der Waals surface area contributed by atoms with E-state index in [2.05, 4.69) is 12.2 Å². The van der Waals surface area contributed by atoms with Gasteiger partial charge in [0.15, 0.2) is 0 Å². The molecule has 104 valence electrons. The summed E-state index contributed by atoms with van der Waals surface area (Å²) in [7, 11) is 0. The highest BCUT2D eigenvalue weighted by molar-refractivity contribution is 4.98. The molecule has 0 spiro atoms. The summed E-state index contributed by atoms with van der Waals surface area (Å²) < 4.78 is 5.98. The van der Waals surface area contributed by atoms with Gasteiger partial charge in [-0.25, -0.2) is 0 Å². The molecule has 0 aromatic heterocycles. The summed E-state index contributed by atoms with van der Waals surface area (Å²) >= 11 is 0. The van der Waals surface area contributed by atoms with Crippen LogP contribution in [0.1, 0.15) is 64.7 Å². The molecular formula is C16H29NO. The molecule has 3 rings (SSSR count). The zero-order valence-electron chi connectivity index (χ0n) is 11.9. The Labute approximate surface area is 112 Å². The van der Waals surface area contributed by atoms with Crippen LogP contribution >= 0.6 is 0 Å². The second-order valence-electron chi connectivity index (χ2n) is 6.84. The van der Waals surface area contributed by atoms with Gasteiger partial charge in [0.25, 0.3) is 0 Å². The van der Waals surface area contributed by atoms with Gasteiger partial charge in [0.05, 0.1) is 6.10 Å². The van der Waals surface area contributed by atoms with Gasteiger partial charge in [0.2, 0.25) is 0 Å². The molecular weight excluding hydrogens is 222 g/mol. The maximum absolute atomic E-state index is 5.98. The standard InChI is InChI=1S/C16H29NO/c1-13-16(10-11-18-13,12-17-15-8-9-15)14-6-4-2-3-5-7-14/h13-15,17H,2-12H2,1H3. The fourth-order valence-electron chi connectivity index (χ4n) is 4.18. The first-order valence-corrected chi connectivity index (χ1v) is 8.16. The number of rotatable bonds is 4. The Kier molecular flexibility index (Phi) is 3.95. The monoisotopic (exact) mass is 251 g/mol. The molecule has 0 amide bonds. The van der Waals surface area contributed by atoms with Crippen molar-refractivity contribution >= 4 is 0 Å². The second-order valence-corrected chi connectivity index (χ2v) is 6.84. The fraction of sp³-hybridized carbons (Fsp3) is 1.00. The van der Waals surface area contributed by atoms with E-state index in [0.29, 0.717) is 11.5 Å². The molecule has 3 fully saturated rings. The van der Waals surface area contributed by atoms with Crippen LogP contribution in [0.4, 0.5) is 0 Å². The maximum atomic E-state index is 5.98. The fourth-order valence-corrected chi connectivity index (χ4v) is 4.18. The van der Waals surface area contributed by atoms with Crippen molar-refractivity contribution in [3.63, 3.8) is 0 Å². The quantitative estimate of drug-likeness (QED) is 0.772. The molecule has 18 heavy (non-hydrogen) atoms. The summed E-state index contributed by atoms with van der Waals surface area (Å²) in [6, 6.07) is 0.834. The average molecular weight is 251 g/mol. The number of nitrogens with one attached hydrogen (secondary N) is 1. The molecule has 0 radical (unpaired) electrons. The summed E-state index contributed by atoms with van der Waals surface area (Å²) in [5.41, 5.74) is 0.451. The minimum atomic E-state index is 0.451. The van der Waals surface area contributed by atoms with Crippen LogP contribution in [0.3, 0.4) is 0 Å². The predicted molar refractivity (Wildman–Crippen MR) is 74.7 cm³/mol. The lowest BCUT2D eigenvalue weighted by molar-refractivity contribution is 0.0220. The third-order valence-electron chi connectivity index (χ3n) is 5.71. The van der Waals surface area contributed by atoms with Gasteiger partial charge in [0, 0.05) is 24.6 Å². The van der Waals surface area contributed by atoms with Crippen molar-refractivity contribution < 1.29 is 4.74 Å². The number of hydrogen-bond acceptors (Lipinski definition) is 2. The van der Waals surface area contributed by atoms with Crippen LogP contribution in [0.25, 0.3) is 0 Å². The van der Waals surface area contributed by atoms with Crippen LogP contribution in [-0.2, 0) is 4.74 Å². The van der Waals surface area contributed by atoms with Crippen molar-refractivity contribution in [3.8, 4) is 0 Å². The summed E-state index contributed by atoms with van der Waals surface area (Å²) in [6.45, 7) is 4.53. The Morgan fingerprint density at radius 2 is 1.78 bits per heavy atom. The zero-order valence-corrected chi connectivity index (χ0v) is 11.9. The molecule has 2 nitrogen and oxygen atoms in total. The SMILES string of the molecule is CC1OCCC1(CNC1CC1)C1CCCCCC1. The Bertz CT molecular complexity index is 268. The predicted octanol–water partition coefficient (Wildman–Crippen LogP) is 3.50. The normalized spacial score (nSPS) is 38.8. The van der Waals surface area contributed by atoms with Crippen LogP contribution in [0, 0.1) is 11.3 Å². The van der Waals surface area contributed by atoms with E-state index in [4.69, 9.17) is 4.74 Å². The van der Waals surface area contributed by atoms with Gasteiger partial charge in [-0.3, -0.25) is 0 Å². The average Bonchev–Trinajstić information content (AvgIpc) is 3.16. The van der Waals surface area contributed by atoms with E-state index in [1.807, 2.05) is 0 Å². The molecule has 0 aromatic rings. The van der Waals surface area contributed by atoms with E-state index in [9.17, 15) is 0 Å². The van der Waals surface area contributed by atoms with Gasteiger partial charge in [-0.15, -0.1) is 0 Å². The minimum Gasteiger partial charge on any atom is -0.378 e. The van der Waals surface area contributed by atoms with Gasteiger partial charge in [-0.2, -0.15) is 0 Å². The molecule has 1 heterocycles. The topological polar surface area (TPSA) is 21.3 Å². The molecule has 1 N–H and O–H groups in total. The van der Waals surface area contributed by atoms with Crippen molar-refractivity contribution in [1.29, 1.82) is 0 Å². The lowest BCUT2D eigenvalue weighted by atomic mass is 9.67. The molecule has 2 heteroatoms. The molecule has 3 aliphatic rings.